The van der Waals surface area contributed by atoms with Crippen LogP contribution in [-0.2, 0) is 21.5 Å². The molecule has 1 aliphatic rings. The summed E-state index contributed by atoms with van der Waals surface area (Å²) in [6, 6.07) is 1.73. The van der Waals surface area contributed by atoms with E-state index < -0.39 is 10.2 Å². The Morgan fingerprint density at radius 3 is 2.50 bits per heavy atom. The molecule has 1 aromatic rings. The fourth-order valence-electron chi connectivity index (χ4n) is 2.32. The molecule has 20 heavy (non-hydrogen) atoms. The number of ether oxygens (including phenoxy) is 1. The summed E-state index contributed by atoms with van der Waals surface area (Å²) < 4.78 is 38.3. The summed E-state index contributed by atoms with van der Waals surface area (Å²) in [5.74, 6) is 0.666. The second-order valence-electron chi connectivity index (χ2n) is 5.27. The van der Waals surface area contributed by atoms with Crippen LogP contribution in [0.1, 0.15) is 25.3 Å². The number of aromatic nitrogens is 1. The van der Waals surface area contributed by atoms with Crippen LogP contribution in [0.15, 0.2) is 10.6 Å². The van der Waals surface area contributed by atoms with E-state index in [1.54, 1.807) is 20.0 Å². The molecule has 2 atom stereocenters. The van der Waals surface area contributed by atoms with Crippen molar-refractivity contribution in [2.45, 2.75) is 39.5 Å². The molecule has 8 heteroatoms. The third-order valence-electron chi connectivity index (χ3n) is 3.17. The lowest BCUT2D eigenvalue weighted by Gasteiger charge is -2.36. The summed E-state index contributed by atoms with van der Waals surface area (Å²) in [6.45, 7) is 6.46. The topological polar surface area (TPSA) is 75.9 Å². The van der Waals surface area contributed by atoms with E-state index in [4.69, 9.17) is 9.26 Å². The van der Waals surface area contributed by atoms with E-state index in [-0.39, 0.29) is 18.8 Å². The van der Waals surface area contributed by atoms with Crippen molar-refractivity contribution in [3.63, 3.8) is 0 Å². The third-order valence-corrected chi connectivity index (χ3v) is 5.04. The second-order valence-corrected chi connectivity index (χ2v) is 7.30. The number of aryl methyl sites for hydroxylation is 1. The first-order valence-electron chi connectivity index (χ1n) is 6.58. The summed E-state index contributed by atoms with van der Waals surface area (Å²) in [7, 11) is -1.97. The van der Waals surface area contributed by atoms with Crippen molar-refractivity contribution in [2.24, 2.45) is 0 Å². The Labute approximate surface area is 119 Å². The normalized spacial score (nSPS) is 25.2. The minimum Gasteiger partial charge on any atom is -0.373 e. The van der Waals surface area contributed by atoms with E-state index in [0.29, 0.717) is 24.5 Å². The van der Waals surface area contributed by atoms with Crippen LogP contribution in [0.4, 0.5) is 0 Å². The standard InChI is InChI=1S/C12H21N3O4S/c1-9-5-12(13-19-9)8-14(4)20(16,17)15-6-10(2)18-11(3)7-15/h5,10-11H,6-8H2,1-4H3. The van der Waals surface area contributed by atoms with Crippen molar-refractivity contribution in [1.29, 1.82) is 0 Å². The predicted octanol–water partition coefficient (Wildman–Crippen LogP) is 0.769. The Kier molecular flexibility index (Phi) is 4.48. The monoisotopic (exact) mass is 303 g/mol. The molecule has 0 N–H and O–H groups in total. The molecule has 114 valence electrons. The largest absolute Gasteiger partial charge is 0.373 e. The van der Waals surface area contributed by atoms with Crippen LogP contribution in [0.5, 0.6) is 0 Å². The van der Waals surface area contributed by atoms with Crippen molar-refractivity contribution in [3.8, 4) is 0 Å². The highest BCUT2D eigenvalue weighted by Gasteiger charge is 2.33. The van der Waals surface area contributed by atoms with E-state index in [9.17, 15) is 8.42 Å². The summed E-state index contributed by atoms with van der Waals surface area (Å²) in [4.78, 5) is 0. The smallest absolute Gasteiger partial charge is 0.282 e. The van der Waals surface area contributed by atoms with Gasteiger partial charge >= 0.3 is 0 Å². The van der Waals surface area contributed by atoms with Gasteiger partial charge in [0.25, 0.3) is 10.2 Å². The van der Waals surface area contributed by atoms with Gasteiger partial charge in [-0.2, -0.15) is 17.0 Å². The molecule has 1 aromatic heterocycles. The first-order valence-corrected chi connectivity index (χ1v) is 7.98. The molecular formula is C12H21N3O4S. The van der Waals surface area contributed by atoms with E-state index in [1.807, 2.05) is 13.8 Å². The van der Waals surface area contributed by atoms with E-state index in [1.165, 1.54) is 8.61 Å². The van der Waals surface area contributed by atoms with Gasteiger partial charge in [-0.15, -0.1) is 0 Å². The molecule has 2 unspecified atom stereocenters. The second kappa shape index (κ2) is 5.80. The quantitative estimate of drug-likeness (QED) is 0.821. The zero-order valence-corrected chi connectivity index (χ0v) is 13.1. The Morgan fingerprint density at radius 2 is 2.00 bits per heavy atom. The molecule has 2 heterocycles. The first kappa shape index (κ1) is 15.4. The van der Waals surface area contributed by atoms with Gasteiger partial charge in [-0.1, -0.05) is 5.16 Å². The number of morpholine rings is 1. The molecule has 1 saturated heterocycles. The number of rotatable bonds is 4. The van der Waals surface area contributed by atoms with Crippen molar-refractivity contribution < 1.29 is 17.7 Å². The molecule has 0 amide bonds. The lowest BCUT2D eigenvalue weighted by atomic mass is 10.3. The highest BCUT2D eigenvalue weighted by Crippen LogP contribution is 2.18. The van der Waals surface area contributed by atoms with Crippen LogP contribution in [0.3, 0.4) is 0 Å². The molecular weight excluding hydrogens is 282 g/mol. The van der Waals surface area contributed by atoms with Gasteiger partial charge < -0.3 is 9.26 Å². The SMILES string of the molecule is Cc1cc(CN(C)S(=O)(=O)N2CC(C)OC(C)C2)no1. The van der Waals surface area contributed by atoms with Gasteiger partial charge in [-0.25, -0.2) is 0 Å². The Bertz CT molecular complexity index is 547. The van der Waals surface area contributed by atoms with Crippen molar-refractivity contribution in [2.75, 3.05) is 20.1 Å². The van der Waals surface area contributed by atoms with Crippen LogP contribution in [0, 0.1) is 6.92 Å². The average Bonchev–Trinajstić information content (AvgIpc) is 2.73. The number of hydrogen-bond acceptors (Lipinski definition) is 5. The highest BCUT2D eigenvalue weighted by atomic mass is 32.2. The van der Waals surface area contributed by atoms with Crippen molar-refractivity contribution in [1.82, 2.24) is 13.8 Å². The van der Waals surface area contributed by atoms with Crippen molar-refractivity contribution >= 4 is 10.2 Å². The molecule has 0 radical (unpaired) electrons. The summed E-state index contributed by atoms with van der Waals surface area (Å²) >= 11 is 0. The van der Waals surface area contributed by atoms with E-state index in [2.05, 4.69) is 5.16 Å². The Balaban J connectivity index is 2.08. The summed E-state index contributed by atoms with van der Waals surface area (Å²) in [5.41, 5.74) is 0.600. The Morgan fingerprint density at radius 1 is 1.40 bits per heavy atom. The zero-order chi connectivity index (χ0) is 14.9. The van der Waals surface area contributed by atoms with Crippen LogP contribution >= 0.6 is 0 Å². The minimum absolute atomic E-state index is 0.101. The van der Waals surface area contributed by atoms with E-state index >= 15 is 0 Å². The maximum Gasteiger partial charge on any atom is 0.282 e. The van der Waals surface area contributed by atoms with Gasteiger partial charge in [0.15, 0.2) is 0 Å². The minimum atomic E-state index is -3.51. The molecule has 7 nitrogen and oxygen atoms in total. The van der Waals surface area contributed by atoms with E-state index in [0.717, 1.165) is 0 Å². The lowest BCUT2D eigenvalue weighted by molar-refractivity contribution is -0.0453. The predicted molar refractivity (Wildman–Crippen MR) is 73.2 cm³/mol. The molecule has 0 aliphatic carbocycles. The fraction of sp³-hybridized carbons (Fsp3) is 0.750. The molecule has 0 aromatic carbocycles. The van der Waals surface area contributed by atoms with Crippen LogP contribution in [0.2, 0.25) is 0 Å². The molecule has 0 bridgehead atoms. The third kappa shape index (κ3) is 3.38. The van der Waals surface area contributed by atoms with Crippen LogP contribution in [0.25, 0.3) is 0 Å². The molecule has 1 fully saturated rings. The van der Waals surface area contributed by atoms with Crippen molar-refractivity contribution in [3.05, 3.63) is 17.5 Å². The molecule has 0 saturated carbocycles. The molecule has 2 rings (SSSR count). The van der Waals surface area contributed by atoms with Gasteiger partial charge in [0.1, 0.15) is 5.76 Å². The first-order chi connectivity index (χ1) is 9.29. The van der Waals surface area contributed by atoms with Gasteiger partial charge in [-0.05, 0) is 20.8 Å². The number of hydrogen-bond donors (Lipinski definition) is 0. The summed E-state index contributed by atoms with van der Waals surface area (Å²) in [5, 5.41) is 3.82. The molecule has 0 spiro atoms. The number of nitrogens with zero attached hydrogens (tertiary/aromatic N) is 3. The summed E-state index contributed by atoms with van der Waals surface area (Å²) in [6.07, 6.45) is -0.201. The zero-order valence-electron chi connectivity index (χ0n) is 12.2. The van der Waals surface area contributed by atoms with Gasteiger partial charge in [0, 0.05) is 26.2 Å². The highest BCUT2D eigenvalue weighted by molar-refractivity contribution is 7.86. The maximum absolute atomic E-state index is 12.5. The van der Waals surface area contributed by atoms with Gasteiger partial charge in [0.2, 0.25) is 0 Å². The molecule has 1 aliphatic heterocycles. The Hall–Kier alpha value is -0.960. The lowest BCUT2D eigenvalue weighted by Crippen LogP contribution is -2.52. The fourth-order valence-corrected chi connectivity index (χ4v) is 3.80. The van der Waals surface area contributed by atoms with Gasteiger partial charge in [-0.3, -0.25) is 0 Å². The van der Waals surface area contributed by atoms with Crippen LogP contribution in [-0.4, -0.2) is 54.5 Å². The van der Waals surface area contributed by atoms with Gasteiger partial charge in [0.05, 0.1) is 24.4 Å². The average molecular weight is 303 g/mol. The maximum atomic E-state index is 12.5. The van der Waals surface area contributed by atoms with Crippen LogP contribution < -0.4 is 0 Å².